The third-order valence-corrected chi connectivity index (χ3v) is 3.10. The van der Waals surface area contributed by atoms with Gasteiger partial charge >= 0.3 is 6.03 Å². The topological polar surface area (TPSA) is 54.0 Å². The standard InChI is InChI=1S/C15H14BrN3O/c1-11-4-2-3-5-12(11)8-9-17-15(20)19-14-7-6-13(16)10-18-14/h2-10H,1H3,(H2,17,18,19,20)/b9-8+. The Kier molecular flexibility index (Phi) is 4.90. The van der Waals surface area contributed by atoms with E-state index >= 15 is 0 Å². The predicted molar refractivity (Wildman–Crippen MR) is 84.3 cm³/mol. The van der Waals surface area contributed by atoms with Crippen LogP contribution in [0.25, 0.3) is 6.08 Å². The maximum absolute atomic E-state index is 11.6. The van der Waals surface area contributed by atoms with E-state index < -0.39 is 0 Å². The molecule has 1 aromatic heterocycles. The molecule has 2 N–H and O–H groups in total. The maximum atomic E-state index is 11.6. The van der Waals surface area contributed by atoms with E-state index in [1.807, 2.05) is 43.3 Å². The van der Waals surface area contributed by atoms with Gasteiger partial charge in [0, 0.05) is 16.9 Å². The van der Waals surface area contributed by atoms with Crippen molar-refractivity contribution in [2.24, 2.45) is 0 Å². The van der Waals surface area contributed by atoms with E-state index in [4.69, 9.17) is 0 Å². The number of urea groups is 1. The van der Waals surface area contributed by atoms with Gasteiger partial charge in [0.15, 0.2) is 0 Å². The first-order chi connectivity index (χ1) is 9.65. The molecular formula is C15H14BrN3O. The molecule has 2 rings (SSSR count). The number of hydrogen-bond donors (Lipinski definition) is 2. The second kappa shape index (κ2) is 6.86. The Balaban J connectivity index is 1.89. The van der Waals surface area contributed by atoms with E-state index in [-0.39, 0.29) is 6.03 Å². The summed E-state index contributed by atoms with van der Waals surface area (Å²) in [4.78, 5) is 15.7. The van der Waals surface area contributed by atoms with Gasteiger partial charge in [-0.05, 0) is 52.2 Å². The molecule has 0 fully saturated rings. The largest absolute Gasteiger partial charge is 0.324 e. The summed E-state index contributed by atoms with van der Waals surface area (Å²) in [5, 5.41) is 5.28. The number of hydrogen-bond acceptors (Lipinski definition) is 2. The van der Waals surface area contributed by atoms with Crippen LogP contribution in [0.4, 0.5) is 10.6 Å². The summed E-state index contributed by atoms with van der Waals surface area (Å²) in [6.07, 6.45) is 5.08. The summed E-state index contributed by atoms with van der Waals surface area (Å²) in [5.74, 6) is 0.495. The molecule has 4 nitrogen and oxygen atoms in total. The highest BCUT2D eigenvalue weighted by atomic mass is 79.9. The summed E-state index contributed by atoms with van der Waals surface area (Å²) < 4.78 is 0.864. The molecule has 0 spiro atoms. The van der Waals surface area contributed by atoms with E-state index in [1.165, 1.54) is 0 Å². The van der Waals surface area contributed by atoms with Gasteiger partial charge in [-0.3, -0.25) is 5.32 Å². The average Bonchev–Trinajstić information content (AvgIpc) is 2.43. The molecule has 0 aliphatic heterocycles. The molecule has 0 atom stereocenters. The minimum atomic E-state index is -0.329. The van der Waals surface area contributed by atoms with E-state index in [0.717, 1.165) is 15.6 Å². The van der Waals surface area contributed by atoms with Gasteiger partial charge in [0.25, 0.3) is 0 Å². The van der Waals surface area contributed by atoms with Gasteiger partial charge in [-0.15, -0.1) is 0 Å². The zero-order valence-corrected chi connectivity index (χ0v) is 12.5. The monoisotopic (exact) mass is 331 g/mol. The van der Waals surface area contributed by atoms with Crippen molar-refractivity contribution in [3.8, 4) is 0 Å². The lowest BCUT2D eigenvalue weighted by Crippen LogP contribution is -2.24. The quantitative estimate of drug-likeness (QED) is 0.894. The molecule has 1 heterocycles. The van der Waals surface area contributed by atoms with Gasteiger partial charge in [-0.1, -0.05) is 24.3 Å². The van der Waals surface area contributed by atoms with Crippen molar-refractivity contribution < 1.29 is 4.79 Å². The van der Waals surface area contributed by atoms with Crippen LogP contribution in [-0.4, -0.2) is 11.0 Å². The zero-order chi connectivity index (χ0) is 14.4. The van der Waals surface area contributed by atoms with Crippen molar-refractivity contribution in [2.75, 3.05) is 5.32 Å². The zero-order valence-electron chi connectivity index (χ0n) is 10.9. The molecule has 0 saturated heterocycles. The number of rotatable bonds is 3. The van der Waals surface area contributed by atoms with Crippen molar-refractivity contribution in [1.82, 2.24) is 10.3 Å². The van der Waals surface area contributed by atoms with Gasteiger partial charge in [0.05, 0.1) is 0 Å². The van der Waals surface area contributed by atoms with Crippen LogP contribution in [0.1, 0.15) is 11.1 Å². The Bertz CT molecular complexity index is 623. The molecular weight excluding hydrogens is 318 g/mol. The number of anilines is 1. The van der Waals surface area contributed by atoms with E-state index in [0.29, 0.717) is 5.82 Å². The number of benzene rings is 1. The minimum Gasteiger partial charge on any atom is -0.314 e. The van der Waals surface area contributed by atoms with Crippen LogP contribution < -0.4 is 10.6 Å². The van der Waals surface area contributed by atoms with Gasteiger partial charge in [-0.2, -0.15) is 0 Å². The Hall–Kier alpha value is -2.14. The number of amides is 2. The van der Waals surface area contributed by atoms with Crippen LogP contribution in [0.2, 0.25) is 0 Å². The first kappa shape index (κ1) is 14.3. The number of halogens is 1. The van der Waals surface area contributed by atoms with Crippen LogP contribution in [-0.2, 0) is 0 Å². The number of aryl methyl sites for hydroxylation is 1. The molecule has 2 aromatic rings. The Morgan fingerprint density at radius 2 is 2.05 bits per heavy atom. The Labute approximate surface area is 126 Å². The fraction of sp³-hybridized carbons (Fsp3) is 0.0667. The fourth-order valence-electron chi connectivity index (χ4n) is 1.58. The van der Waals surface area contributed by atoms with Gasteiger partial charge in [0.1, 0.15) is 5.82 Å². The van der Waals surface area contributed by atoms with Crippen LogP contribution in [0.15, 0.2) is 53.3 Å². The van der Waals surface area contributed by atoms with E-state index in [1.54, 1.807) is 18.5 Å². The number of aromatic nitrogens is 1. The Morgan fingerprint density at radius 1 is 1.25 bits per heavy atom. The fourth-order valence-corrected chi connectivity index (χ4v) is 1.82. The molecule has 2 amide bonds. The summed E-state index contributed by atoms with van der Waals surface area (Å²) in [5.41, 5.74) is 2.22. The number of carbonyl (C=O) groups excluding carboxylic acids is 1. The van der Waals surface area contributed by atoms with Gasteiger partial charge in [0.2, 0.25) is 0 Å². The highest BCUT2D eigenvalue weighted by Gasteiger charge is 2.00. The number of nitrogens with zero attached hydrogens (tertiary/aromatic N) is 1. The third kappa shape index (κ3) is 4.20. The number of nitrogens with one attached hydrogen (secondary N) is 2. The first-order valence-corrected chi connectivity index (χ1v) is 6.86. The average molecular weight is 332 g/mol. The van der Waals surface area contributed by atoms with E-state index in [2.05, 4.69) is 31.5 Å². The summed E-state index contributed by atoms with van der Waals surface area (Å²) in [7, 11) is 0. The lowest BCUT2D eigenvalue weighted by molar-refractivity contribution is 0.255. The lowest BCUT2D eigenvalue weighted by Gasteiger charge is -2.04. The molecule has 102 valence electrons. The van der Waals surface area contributed by atoms with Crippen molar-refractivity contribution in [3.63, 3.8) is 0 Å². The lowest BCUT2D eigenvalue weighted by atomic mass is 10.1. The molecule has 0 saturated carbocycles. The van der Waals surface area contributed by atoms with Gasteiger partial charge in [-0.25, -0.2) is 9.78 Å². The highest BCUT2D eigenvalue weighted by molar-refractivity contribution is 9.10. The Morgan fingerprint density at radius 3 is 2.75 bits per heavy atom. The smallest absolute Gasteiger partial charge is 0.314 e. The molecule has 0 aliphatic carbocycles. The molecule has 1 aromatic carbocycles. The number of pyridine rings is 1. The van der Waals surface area contributed by atoms with Crippen LogP contribution >= 0.6 is 15.9 Å². The SMILES string of the molecule is Cc1ccccc1/C=C/NC(=O)Nc1ccc(Br)cn1. The normalized spacial score (nSPS) is 10.5. The molecule has 0 bridgehead atoms. The highest BCUT2D eigenvalue weighted by Crippen LogP contribution is 2.10. The molecule has 5 heteroatoms. The van der Waals surface area contributed by atoms with Crippen molar-refractivity contribution in [1.29, 1.82) is 0 Å². The maximum Gasteiger partial charge on any atom is 0.324 e. The third-order valence-electron chi connectivity index (χ3n) is 2.63. The van der Waals surface area contributed by atoms with Crippen LogP contribution in [0.5, 0.6) is 0 Å². The summed E-state index contributed by atoms with van der Waals surface area (Å²) in [6, 6.07) is 11.1. The molecule has 20 heavy (non-hydrogen) atoms. The van der Waals surface area contributed by atoms with Gasteiger partial charge < -0.3 is 5.32 Å². The second-order valence-electron chi connectivity index (χ2n) is 4.15. The minimum absolute atomic E-state index is 0.329. The molecule has 0 unspecified atom stereocenters. The second-order valence-corrected chi connectivity index (χ2v) is 5.07. The molecule has 0 radical (unpaired) electrons. The molecule has 0 aliphatic rings. The van der Waals surface area contributed by atoms with E-state index in [9.17, 15) is 4.79 Å². The van der Waals surface area contributed by atoms with Crippen LogP contribution in [0.3, 0.4) is 0 Å². The van der Waals surface area contributed by atoms with Crippen molar-refractivity contribution in [3.05, 3.63) is 64.4 Å². The van der Waals surface area contributed by atoms with Crippen LogP contribution in [0, 0.1) is 6.92 Å². The number of carbonyl (C=O) groups is 1. The predicted octanol–water partition coefficient (Wildman–Crippen LogP) is 3.94. The van der Waals surface area contributed by atoms with Crippen molar-refractivity contribution >= 4 is 33.9 Å². The summed E-state index contributed by atoms with van der Waals surface area (Å²) >= 11 is 3.28. The summed E-state index contributed by atoms with van der Waals surface area (Å²) in [6.45, 7) is 2.02. The van der Waals surface area contributed by atoms with Crippen molar-refractivity contribution in [2.45, 2.75) is 6.92 Å². The first-order valence-electron chi connectivity index (χ1n) is 6.06.